The number of fused-ring (bicyclic) bond motifs is 3. The van der Waals surface area contributed by atoms with E-state index >= 15 is 0 Å². The Hall–Kier alpha value is -2.94. The van der Waals surface area contributed by atoms with Crippen LogP contribution in [0.1, 0.15) is 19.8 Å². The van der Waals surface area contributed by atoms with E-state index in [0.29, 0.717) is 11.5 Å². The van der Waals surface area contributed by atoms with E-state index in [4.69, 9.17) is 4.74 Å². The van der Waals surface area contributed by atoms with Crippen molar-refractivity contribution < 1.29 is 18.3 Å². The number of pyridine rings is 1. The number of hydrogen-bond donors (Lipinski definition) is 2. The first-order valence-electron chi connectivity index (χ1n) is 11.7. The van der Waals surface area contributed by atoms with Crippen LogP contribution in [0.4, 0.5) is 0 Å². The number of hydrogen-bond acceptors (Lipinski definition) is 6. The molecule has 4 aromatic rings. The zero-order valence-corrected chi connectivity index (χ0v) is 20.0. The van der Waals surface area contributed by atoms with E-state index < -0.39 is 9.84 Å². The van der Waals surface area contributed by atoms with Gasteiger partial charge in [-0.1, -0.05) is 19.1 Å². The molecule has 0 spiro atoms. The predicted octanol–water partition coefficient (Wildman–Crippen LogP) is 4.01. The molecule has 0 aliphatic carbocycles. The Morgan fingerprint density at radius 3 is 2.76 bits per heavy atom. The van der Waals surface area contributed by atoms with Gasteiger partial charge in [-0.2, -0.15) is 0 Å². The van der Waals surface area contributed by atoms with Crippen molar-refractivity contribution in [3.05, 3.63) is 54.7 Å². The fourth-order valence-corrected chi connectivity index (χ4v) is 5.55. The molecular formula is C26H29N3O4S. The maximum atomic E-state index is 12.5. The highest BCUT2D eigenvalue weighted by Crippen LogP contribution is 2.39. The van der Waals surface area contributed by atoms with Gasteiger partial charge in [-0.05, 0) is 60.4 Å². The SMILES string of the molecule is CCS(=O)(=O)c1cccc(-c2ccc(OCCN3CCC(O)CC3)c3[nH]c4ncccc4c23)c1. The number of rotatable bonds is 7. The van der Waals surface area contributed by atoms with Crippen molar-refractivity contribution in [1.82, 2.24) is 14.9 Å². The molecule has 1 aliphatic heterocycles. The van der Waals surface area contributed by atoms with E-state index in [1.54, 1.807) is 31.3 Å². The van der Waals surface area contributed by atoms with E-state index in [-0.39, 0.29) is 11.9 Å². The summed E-state index contributed by atoms with van der Waals surface area (Å²) < 4.78 is 31.2. The van der Waals surface area contributed by atoms with Crippen LogP contribution in [0.15, 0.2) is 59.6 Å². The number of nitrogens with zero attached hydrogens (tertiary/aromatic N) is 2. The molecule has 0 unspecified atom stereocenters. The lowest BCUT2D eigenvalue weighted by atomic mass is 9.99. The topological polar surface area (TPSA) is 95.5 Å². The molecule has 0 amide bonds. The highest BCUT2D eigenvalue weighted by atomic mass is 32.2. The number of benzene rings is 2. The normalized spacial score (nSPS) is 15.8. The molecule has 1 saturated heterocycles. The number of piperidine rings is 1. The Balaban J connectivity index is 1.52. The number of aromatic nitrogens is 2. The molecule has 1 fully saturated rings. The van der Waals surface area contributed by atoms with Gasteiger partial charge in [0.25, 0.3) is 0 Å². The van der Waals surface area contributed by atoms with Crippen molar-refractivity contribution in [2.24, 2.45) is 0 Å². The minimum absolute atomic E-state index is 0.0611. The maximum Gasteiger partial charge on any atom is 0.178 e. The smallest absolute Gasteiger partial charge is 0.178 e. The van der Waals surface area contributed by atoms with E-state index in [9.17, 15) is 13.5 Å². The summed E-state index contributed by atoms with van der Waals surface area (Å²) in [6, 6.07) is 15.0. The van der Waals surface area contributed by atoms with Crippen LogP contribution in [0.3, 0.4) is 0 Å². The van der Waals surface area contributed by atoms with Gasteiger partial charge in [0.05, 0.1) is 22.3 Å². The molecule has 2 aromatic heterocycles. The van der Waals surface area contributed by atoms with Gasteiger partial charge in [-0.25, -0.2) is 13.4 Å². The Kier molecular flexibility index (Phi) is 6.29. The molecule has 0 bridgehead atoms. The Morgan fingerprint density at radius 1 is 1.15 bits per heavy atom. The monoisotopic (exact) mass is 479 g/mol. The number of sulfone groups is 1. The number of aliphatic hydroxyl groups excluding tert-OH is 1. The standard InChI is InChI=1S/C26H29N3O4S/c1-2-34(31,32)20-6-3-5-18(17-20)21-8-9-23(33-16-15-29-13-10-19(30)11-14-29)25-24(21)22-7-4-12-27-26(22)28-25/h3-9,12,17,19,30H,2,10-11,13-16H2,1H3,(H,27,28). The lowest BCUT2D eigenvalue weighted by molar-refractivity contribution is 0.0756. The average Bonchev–Trinajstić information content (AvgIpc) is 3.25. The molecule has 1 aliphatic rings. The number of aromatic amines is 1. The second kappa shape index (κ2) is 9.37. The van der Waals surface area contributed by atoms with Crippen molar-refractivity contribution in [2.45, 2.75) is 30.8 Å². The van der Waals surface area contributed by atoms with Crippen molar-refractivity contribution >= 4 is 31.8 Å². The third-order valence-corrected chi connectivity index (χ3v) is 8.33. The fraction of sp³-hybridized carbons (Fsp3) is 0.346. The van der Waals surface area contributed by atoms with Gasteiger partial charge in [0.15, 0.2) is 9.84 Å². The third kappa shape index (κ3) is 4.41. The molecule has 178 valence electrons. The van der Waals surface area contributed by atoms with Gasteiger partial charge in [-0.3, -0.25) is 4.90 Å². The molecule has 7 nitrogen and oxygen atoms in total. The largest absolute Gasteiger partial charge is 0.490 e. The second-order valence-electron chi connectivity index (χ2n) is 8.74. The lowest BCUT2D eigenvalue weighted by Gasteiger charge is -2.29. The van der Waals surface area contributed by atoms with Gasteiger partial charge in [0.2, 0.25) is 0 Å². The van der Waals surface area contributed by atoms with Crippen LogP contribution >= 0.6 is 0 Å². The molecule has 8 heteroatoms. The van der Waals surface area contributed by atoms with Gasteiger partial charge in [-0.15, -0.1) is 0 Å². The third-order valence-electron chi connectivity index (χ3n) is 6.59. The number of nitrogens with one attached hydrogen (secondary N) is 1. The van der Waals surface area contributed by atoms with Crippen molar-refractivity contribution in [2.75, 3.05) is 32.0 Å². The number of aliphatic hydroxyl groups is 1. The Labute approximate surface area is 199 Å². The molecule has 2 aromatic carbocycles. The zero-order chi connectivity index (χ0) is 23.7. The van der Waals surface area contributed by atoms with E-state index in [1.165, 1.54) is 0 Å². The summed E-state index contributed by atoms with van der Waals surface area (Å²) in [7, 11) is -3.31. The quantitative estimate of drug-likeness (QED) is 0.416. The molecule has 3 heterocycles. The van der Waals surface area contributed by atoms with Crippen LogP contribution in [0, 0.1) is 0 Å². The Morgan fingerprint density at radius 2 is 1.97 bits per heavy atom. The van der Waals surface area contributed by atoms with Crippen LogP contribution in [-0.2, 0) is 9.84 Å². The highest BCUT2D eigenvalue weighted by Gasteiger charge is 2.19. The first-order chi connectivity index (χ1) is 16.5. The summed E-state index contributed by atoms with van der Waals surface area (Å²) in [5.41, 5.74) is 3.38. The number of likely N-dealkylation sites (tertiary alicyclic amines) is 1. The maximum absolute atomic E-state index is 12.5. The summed E-state index contributed by atoms with van der Waals surface area (Å²) in [5, 5.41) is 11.6. The minimum atomic E-state index is -3.31. The minimum Gasteiger partial charge on any atom is -0.490 e. The lowest BCUT2D eigenvalue weighted by Crippen LogP contribution is -2.38. The van der Waals surface area contributed by atoms with E-state index in [1.807, 2.05) is 30.3 Å². The fourth-order valence-electron chi connectivity index (χ4n) is 4.62. The van der Waals surface area contributed by atoms with Gasteiger partial charge < -0.3 is 14.8 Å². The molecule has 5 rings (SSSR count). The second-order valence-corrected chi connectivity index (χ2v) is 11.0. The van der Waals surface area contributed by atoms with Crippen molar-refractivity contribution in [1.29, 1.82) is 0 Å². The van der Waals surface area contributed by atoms with Gasteiger partial charge in [0.1, 0.15) is 18.0 Å². The first-order valence-corrected chi connectivity index (χ1v) is 13.4. The van der Waals surface area contributed by atoms with E-state index in [2.05, 4.69) is 14.9 Å². The summed E-state index contributed by atoms with van der Waals surface area (Å²) in [6.45, 7) is 4.75. The molecule has 0 radical (unpaired) electrons. The summed E-state index contributed by atoms with van der Waals surface area (Å²) in [4.78, 5) is 10.5. The summed E-state index contributed by atoms with van der Waals surface area (Å²) in [5.74, 6) is 0.803. The first kappa shape index (κ1) is 22.8. The van der Waals surface area contributed by atoms with Crippen LogP contribution in [0.2, 0.25) is 0 Å². The van der Waals surface area contributed by atoms with Crippen LogP contribution in [0.5, 0.6) is 5.75 Å². The van der Waals surface area contributed by atoms with Crippen molar-refractivity contribution in [3.8, 4) is 16.9 Å². The van der Waals surface area contributed by atoms with Crippen LogP contribution in [-0.4, -0.2) is 66.5 Å². The van der Waals surface area contributed by atoms with Crippen LogP contribution in [0.25, 0.3) is 33.1 Å². The van der Waals surface area contributed by atoms with E-state index in [0.717, 1.165) is 71.3 Å². The number of H-pyrrole nitrogens is 1. The molecule has 2 N–H and O–H groups in total. The van der Waals surface area contributed by atoms with Gasteiger partial charge >= 0.3 is 0 Å². The molecule has 34 heavy (non-hydrogen) atoms. The molecule has 0 atom stereocenters. The zero-order valence-electron chi connectivity index (χ0n) is 19.2. The number of ether oxygens (including phenoxy) is 1. The Bertz CT molecular complexity index is 1420. The van der Waals surface area contributed by atoms with Gasteiger partial charge in [0, 0.05) is 36.6 Å². The molecule has 0 saturated carbocycles. The van der Waals surface area contributed by atoms with Crippen LogP contribution < -0.4 is 4.74 Å². The predicted molar refractivity (Wildman–Crippen MR) is 134 cm³/mol. The average molecular weight is 480 g/mol. The summed E-state index contributed by atoms with van der Waals surface area (Å²) >= 11 is 0. The van der Waals surface area contributed by atoms with Crippen molar-refractivity contribution in [3.63, 3.8) is 0 Å². The highest BCUT2D eigenvalue weighted by molar-refractivity contribution is 7.91. The summed E-state index contributed by atoms with van der Waals surface area (Å²) in [6.07, 6.45) is 3.17. The molecular weight excluding hydrogens is 450 g/mol.